The third-order valence-electron chi connectivity index (χ3n) is 24.2. The van der Waals surface area contributed by atoms with Crippen LogP contribution in [0, 0.1) is 0 Å². The maximum absolute atomic E-state index is 6.69. The lowest BCUT2D eigenvalue weighted by atomic mass is 9.65. The van der Waals surface area contributed by atoms with E-state index in [1.165, 1.54) is 131 Å². The van der Waals surface area contributed by atoms with Crippen LogP contribution in [0.1, 0.15) is 0 Å². The fourth-order valence-corrected chi connectivity index (χ4v) is 20.0. The van der Waals surface area contributed by atoms with E-state index in [9.17, 15) is 0 Å². The molecule has 0 spiro atoms. The Labute approximate surface area is 681 Å². The number of hydrogen-bond donors (Lipinski definition) is 0. The molecule has 26 rings (SSSR count). The van der Waals surface area contributed by atoms with Gasteiger partial charge in [-0.15, -0.1) is 11.3 Å². The molecule has 0 fully saturated rings. The Morgan fingerprint density at radius 1 is 0.214 bits per heavy atom. The van der Waals surface area contributed by atoms with Gasteiger partial charge in [-0.1, -0.05) is 309 Å². The van der Waals surface area contributed by atoms with E-state index < -0.39 is 0 Å². The molecule has 0 atom stereocenters. The number of nitrogens with zero attached hydrogens (tertiary/aromatic N) is 3. The first kappa shape index (κ1) is 66.8. The molecule has 0 saturated carbocycles. The molecule has 0 saturated heterocycles. The average Bonchev–Trinajstić information content (AvgIpc) is 1.61. The van der Waals surface area contributed by atoms with Gasteiger partial charge >= 0.3 is 21.2 Å². The molecule has 11 heteroatoms. The van der Waals surface area contributed by atoms with E-state index in [0.29, 0.717) is 0 Å². The summed E-state index contributed by atoms with van der Waals surface area (Å²) in [5.74, 6) is 2.75. The minimum atomic E-state index is -0.173. The Balaban J connectivity index is 0.000000101. The highest BCUT2D eigenvalue weighted by Crippen LogP contribution is 2.53. The van der Waals surface area contributed by atoms with E-state index in [2.05, 4.69) is 403 Å². The van der Waals surface area contributed by atoms with Crippen molar-refractivity contribution in [2.24, 2.45) is 0 Å². The van der Waals surface area contributed by atoms with Gasteiger partial charge in [0.1, 0.15) is 28.4 Å². The fourth-order valence-electron chi connectivity index (χ4n) is 18.8. The fraction of sp³-hybridized carbons (Fsp3) is 0. The van der Waals surface area contributed by atoms with Gasteiger partial charge in [0.05, 0.1) is 17.1 Å². The highest BCUT2D eigenvalue weighted by Gasteiger charge is 2.48. The molecule has 0 bridgehead atoms. The van der Waals surface area contributed by atoms with Gasteiger partial charge in [0.25, 0.3) is 0 Å². The van der Waals surface area contributed by atoms with Crippen LogP contribution in [0.2, 0.25) is 0 Å². The molecule has 18 aromatic carbocycles. The molecule has 117 heavy (non-hydrogen) atoms. The minimum absolute atomic E-state index is 0.153. The van der Waals surface area contributed by atoms with Gasteiger partial charge in [-0.25, -0.2) is 0 Å². The van der Waals surface area contributed by atoms with Crippen LogP contribution in [0.25, 0.3) is 153 Å². The predicted octanol–water partition coefficient (Wildman–Crippen LogP) is 26.2. The number of furan rings is 1. The normalized spacial score (nSPS) is 13.1. The molecular formula is C106H66B3N3O4S. The largest absolute Gasteiger partial charge is 0.536 e. The molecule has 2 aromatic heterocycles. The summed E-state index contributed by atoms with van der Waals surface area (Å²) in [6.07, 6.45) is 0. The van der Waals surface area contributed by atoms with Crippen LogP contribution in [-0.4, -0.2) is 21.2 Å². The predicted molar refractivity (Wildman–Crippen MR) is 490 cm³/mol. The summed E-state index contributed by atoms with van der Waals surface area (Å²) in [6.45, 7) is 0. The van der Waals surface area contributed by atoms with Gasteiger partial charge in [-0.2, -0.15) is 0 Å². The number of rotatable bonds is 6. The molecule has 0 aliphatic carbocycles. The van der Waals surface area contributed by atoms with Crippen LogP contribution in [0.15, 0.2) is 405 Å². The first-order valence-electron chi connectivity index (χ1n) is 40.0. The van der Waals surface area contributed by atoms with E-state index in [-0.39, 0.29) is 21.2 Å². The molecule has 0 radical (unpaired) electrons. The van der Waals surface area contributed by atoms with Crippen molar-refractivity contribution in [3.05, 3.63) is 400 Å². The third-order valence-corrected chi connectivity index (χ3v) is 25.4. The van der Waals surface area contributed by atoms with E-state index in [1.807, 2.05) is 23.5 Å². The highest BCUT2D eigenvalue weighted by molar-refractivity contribution is 7.26. The minimum Gasteiger partial charge on any atom is -0.536 e. The van der Waals surface area contributed by atoms with Gasteiger partial charge in [-0.05, 0) is 196 Å². The number of hydrogen-bond acceptors (Lipinski definition) is 8. The second kappa shape index (κ2) is 27.0. The summed E-state index contributed by atoms with van der Waals surface area (Å²) in [4.78, 5) is 7.01. The van der Waals surface area contributed by atoms with Crippen molar-refractivity contribution in [1.29, 1.82) is 0 Å². The van der Waals surface area contributed by atoms with Crippen molar-refractivity contribution in [1.82, 2.24) is 0 Å². The number of fused-ring (bicyclic) bond motifs is 31. The first-order valence-corrected chi connectivity index (χ1v) is 40.8. The highest BCUT2D eigenvalue weighted by atomic mass is 32.1. The van der Waals surface area contributed by atoms with Crippen molar-refractivity contribution in [3.63, 3.8) is 0 Å². The molecule has 0 unspecified atom stereocenters. The lowest BCUT2D eigenvalue weighted by molar-refractivity contribution is 0.603. The molecule has 20 aromatic rings. The van der Waals surface area contributed by atoms with Crippen LogP contribution >= 0.6 is 11.3 Å². The summed E-state index contributed by atoms with van der Waals surface area (Å²) < 4.78 is 29.0. The smallest absolute Gasteiger partial charge is 0.524 e. The Hall–Kier alpha value is -14.8. The molecule has 544 valence electrons. The van der Waals surface area contributed by atoms with Crippen LogP contribution in [0.3, 0.4) is 0 Å². The zero-order chi connectivity index (χ0) is 76.8. The zero-order valence-corrected chi connectivity index (χ0v) is 64.0. The Bertz CT molecular complexity index is 7190. The van der Waals surface area contributed by atoms with E-state index >= 15 is 0 Å². The third kappa shape index (κ3) is 10.9. The van der Waals surface area contributed by atoms with Crippen LogP contribution in [0.5, 0.6) is 17.2 Å². The first-order chi connectivity index (χ1) is 58.0. The summed E-state index contributed by atoms with van der Waals surface area (Å²) in [6, 6.07) is 143. The maximum atomic E-state index is 6.69. The summed E-state index contributed by atoms with van der Waals surface area (Å²) in [5, 5.41) is 7.46. The maximum Gasteiger partial charge on any atom is 0.524 e. The molecule has 7 nitrogen and oxygen atoms in total. The van der Waals surface area contributed by atoms with Gasteiger partial charge in [0.15, 0.2) is 0 Å². The number of thiophene rings is 1. The van der Waals surface area contributed by atoms with Crippen molar-refractivity contribution in [2.75, 3.05) is 14.4 Å². The lowest BCUT2D eigenvalue weighted by Gasteiger charge is -2.31. The van der Waals surface area contributed by atoms with Crippen molar-refractivity contribution < 1.29 is 18.4 Å². The van der Waals surface area contributed by atoms with Crippen molar-refractivity contribution in [3.8, 4) is 117 Å². The Morgan fingerprint density at radius 2 is 0.564 bits per heavy atom. The molecule has 8 heterocycles. The Morgan fingerprint density at radius 3 is 1.09 bits per heavy atom. The van der Waals surface area contributed by atoms with Gasteiger partial charge in [0.2, 0.25) is 0 Å². The topological polar surface area (TPSA) is 50.6 Å². The van der Waals surface area contributed by atoms with Crippen LogP contribution in [-0.2, 0) is 0 Å². The van der Waals surface area contributed by atoms with Crippen LogP contribution < -0.4 is 44.8 Å². The second-order valence-electron chi connectivity index (χ2n) is 30.7. The molecule has 6 aliphatic rings. The average molecular weight is 1510 g/mol. The Kier molecular flexibility index (Phi) is 15.4. The molecule has 6 aliphatic heterocycles. The monoisotopic (exact) mass is 1510 g/mol. The second-order valence-corrected chi connectivity index (χ2v) is 31.8. The number of benzene rings is 18. The van der Waals surface area contributed by atoms with Crippen molar-refractivity contribution >= 4 is 136 Å². The van der Waals surface area contributed by atoms with E-state index in [1.54, 1.807) is 0 Å². The lowest BCUT2D eigenvalue weighted by Crippen LogP contribution is -2.50. The standard InChI is InChI=1S/C36H22BNO2.C36H22BNOS.C34H22BNO/c1-4-16-31-27(11-1)28-12-2-5-17-32(28)38-33-20-19-24(22-35(33)40-37(31)38)23-9-7-10-25(21-23)26-14-8-15-30-29-13-3-6-18-34(29)39-36(26)30;1-4-16-31-27(11-1)28-12-2-5-17-32(28)38-33-20-19-24(22-34(33)39-37(31)38)23-9-7-10-25(21-23)26-14-8-15-30-29-13-3-6-18-35(29)40-36(26)30;1-2-9-24-20-27(17-16-23(24)8-1)25-10-7-11-26(21-25)28-18-19-33-34(22-28)37-35-31-14-5-3-12-29(31)30-13-4-6-15-32(30)36(33)35/h2*1-22H;1-22H. The van der Waals surface area contributed by atoms with Gasteiger partial charge in [-0.3, -0.25) is 0 Å². The molecular weight excluding hydrogens is 1440 g/mol. The SMILES string of the molecule is c1cc(-c2ccc3c(c2)OB2c4ccccc4-c4ccccc4N23)cc(-c2ccc3ccccc3c2)c1.c1cc(-c2ccc3c(c2)OB2c4ccccc4-c4ccccc4N23)cc(-c2cccc3c2oc2ccccc23)c1.c1cc(-c2ccc3c(c2)OB2c4ccccc4-c4ccccc4N23)cc(-c2cccc3c2sc2ccccc23)c1. The van der Waals surface area contributed by atoms with E-state index in [0.717, 1.165) is 89.6 Å². The van der Waals surface area contributed by atoms with Crippen molar-refractivity contribution in [2.45, 2.75) is 0 Å². The van der Waals surface area contributed by atoms with Crippen LogP contribution in [0.4, 0.5) is 34.1 Å². The quantitative estimate of drug-likeness (QED) is 0.154. The summed E-state index contributed by atoms with van der Waals surface area (Å²) in [7, 11) is -0.484. The summed E-state index contributed by atoms with van der Waals surface area (Å²) >= 11 is 1.88. The van der Waals surface area contributed by atoms with Gasteiger partial charge < -0.3 is 32.8 Å². The number of anilines is 6. The summed E-state index contributed by atoms with van der Waals surface area (Å²) in [5.41, 5.74) is 33.9. The molecule has 0 amide bonds. The van der Waals surface area contributed by atoms with Gasteiger partial charge in [0, 0.05) is 70.3 Å². The number of para-hydroxylation sites is 5. The van der Waals surface area contributed by atoms with E-state index in [4.69, 9.17) is 18.4 Å². The molecule has 0 N–H and O–H groups in total. The zero-order valence-electron chi connectivity index (χ0n) is 63.2.